The number of aliphatic hydroxyl groups is 1. The van der Waals surface area contributed by atoms with Crippen LogP contribution in [0.5, 0.6) is 0 Å². The quantitative estimate of drug-likeness (QED) is 0.337. The van der Waals surface area contributed by atoms with E-state index in [1.807, 2.05) is 0 Å². The third kappa shape index (κ3) is 0.876. The summed E-state index contributed by atoms with van der Waals surface area (Å²) < 4.78 is 10.2. The molecule has 7 heavy (non-hydrogen) atoms. The predicted molar refractivity (Wildman–Crippen MR) is 25.6 cm³/mol. The minimum absolute atomic E-state index is 0.181. The van der Waals surface area contributed by atoms with E-state index in [0.29, 0.717) is 0 Å². The summed E-state index contributed by atoms with van der Waals surface area (Å²) in [6.45, 7) is 0. The van der Waals surface area contributed by atoms with Crippen LogP contribution in [0.4, 0.5) is 0 Å². The number of hydrogen-bond acceptors (Lipinski definition) is 3. The smallest absolute Gasteiger partial charge is 0.110 e. The first-order chi connectivity index (χ1) is 3.30. The molecule has 0 radical (unpaired) electrons. The van der Waals surface area contributed by atoms with Gasteiger partial charge >= 0.3 is 0 Å². The zero-order valence-electron chi connectivity index (χ0n) is 3.42. The standard InChI is InChI=1S/C3H4NO2S/c5-3-4-1-2-7(3)6/h1-2,4-5H/q-1. The van der Waals surface area contributed by atoms with Gasteiger partial charge < -0.3 is 15.0 Å². The maximum absolute atomic E-state index is 10.2. The van der Waals surface area contributed by atoms with Crippen LogP contribution in [-0.2, 0) is 11.2 Å². The molecule has 40 valence electrons. The van der Waals surface area contributed by atoms with Gasteiger partial charge in [0, 0.05) is 6.20 Å². The highest BCUT2D eigenvalue weighted by Gasteiger charge is 2.05. The molecule has 0 aromatic heterocycles. The lowest BCUT2D eigenvalue weighted by atomic mass is 11.0. The monoisotopic (exact) mass is 118 g/mol. The third-order valence-corrected chi connectivity index (χ3v) is 1.47. The summed E-state index contributed by atoms with van der Waals surface area (Å²) in [5, 5.41) is 12.2. The molecule has 0 saturated heterocycles. The molecule has 0 spiro atoms. The van der Waals surface area contributed by atoms with Crippen LogP contribution >= 0.6 is 0 Å². The Morgan fingerprint density at radius 3 is 2.71 bits per heavy atom. The predicted octanol–water partition coefficient (Wildman–Crippen LogP) is -0.371. The van der Waals surface area contributed by atoms with Crippen molar-refractivity contribution in [1.29, 1.82) is 0 Å². The van der Waals surface area contributed by atoms with Crippen LogP contribution in [0.1, 0.15) is 0 Å². The van der Waals surface area contributed by atoms with E-state index in [1.165, 1.54) is 11.6 Å². The Kier molecular flexibility index (Phi) is 1.23. The van der Waals surface area contributed by atoms with Crippen LogP contribution in [0.3, 0.4) is 0 Å². The van der Waals surface area contributed by atoms with E-state index in [0.717, 1.165) is 0 Å². The van der Waals surface area contributed by atoms with Crippen molar-refractivity contribution in [2.45, 2.75) is 0 Å². The minimum Gasteiger partial charge on any atom is -0.636 e. The van der Waals surface area contributed by atoms with Crippen LogP contribution < -0.4 is 5.32 Å². The van der Waals surface area contributed by atoms with Gasteiger partial charge in [0.05, 0.1) is 0 Å². The van der Waals surface area contributed by atoms with Crippen molar-refractivity contribution in [3.8, 4) is 0 Å². The molecule has 3 nitrogen and oxygen atoms in total. The van der Waals surface area contributed by atoms with Gasteiger partial charge in [0.15, 0.2) is 0 Å². The van der Waals surface area contributed by atoms with Gasteiger partial charge in [-0.25, -0.2) is 0 Å². The molecule has 0 aromatic rings. The van der Waals surface area contributed by atoms with E-state index in [1.54, 1.807) is 0 Å². The van der Waals surface area contributed by atoms with Crippen molar-refractivity contribution in [3.63, 3.8) is 0 Å². The molecule has 1 heterocycles. The Balaban J connectivity index is 2.45. The Labute approximate surface area is 44.2 Å². The Morgan fingerprint density at radius 2 is 2.57 bits per heavy atom. The highest BCUT2D eigenvalue weighted by molar-refractivity contribution is 7.97. The van der Waals surface area contributed by atoms with Crippen molar-refractivity contribution in [3.05, 3.63) is 17.2 Å². The summed E-state index contributed by atoms with van der Waals surface area (Å²) >= 11 is -1.29. The molecular formula is C3H4NO2S-. The van der Waals surface area contributed by atoms with Crippen LogP contribution in [-0.4, -0.2) is 9.66 Å². The van der Waals surface area contributed by atoms with Crippen LogP contribution in [0, 0.1) is 5.56 Å². The largest absolute Gasteiger partial charge is 0.636 e. The highest BCUT2D eigenvalue weighted by Crippen LogP contribution is 2.09. The van der Waals surface area contributed by atoms with Gasteiger partial charge in [0.2, 0.25) is 0 Å². The zero-order valence-corrected chi connectivity index (χ0v) is 4.23. The van der Waals surface area contributed by atoms with Crippen LogP contribution in [0.25, 0.3) is 0 Å². The van der Waals surface area contributed by atoms with Gasteiger partial charge in [-0.05, 0) is 0 Å². The van der Waals surface area contributed by atoms with E-state index in [-0.39, 0.29) is 5.56 Å². The van der Waals surface area contributed by atoms with E-state index < -0.39 is 11.2 Å². The second-order valence-electron chi connectivity index (χ2n) is 1.05. The van der Waals surface area contributed by atoms with Gasteiger partial charge in [-0.15, -0.1) is 11.2 Å². The molecule has 1 atom stereocenters. The summed E-state index contributed by atoms with van der Waals surface area (Å²) in [4.78, 5) is 0. The molecular weight excluding hydrogens is 114 g/mol. The third-order valence-electron chi connectivity index (χ3n) is 0.589. The lowest BCUT2D eigenvalue weighted by Crippen LogP contribution is -2.15. The van der Waals surface area contributed by atoms with Gasteiger partial charge in [0.1, 0.15) is 11.0 Å². The highest BCUT2D eigenvalue weighted by atomic mass is 32.2. The van der Waals surface area contributed by atoms with Crippen molar-refractivity contribution < 1.29 is 9.66 Å². The Morgan fingerprint density at radius 1 is 1.86 bits per heavy atom. The SMILES string of the molecule is [O-][S+]1C=CN[C-]1O. The molecule has 2 N–H and O–H groups in total. The summed E-state index contributed by atoms with van der Waals surface area (Å²) in [6, 6.07) is 0. The van der Waals surface area contributed by atoms with Gasteiger partial charge in [-0.3, -0.25) is 0 Å². The normalized spacial score (nSPS) is 30.9. The number of hydrogen-bond donors (Lipinski definition) is 2. The van der Waals surface area contributed by atoms with E-state index in [2.05, 4.69) is 5.32 Å². The summed E-state index contributed by atoms with van der Waals surface area (Å²) in [6.07, 6.45) is 1.44. The van der Waals surface area contributed by atoms with Crippen molar-refractivity contribution in [1.82, 2.24) is 5.32 Å². The van der Waals surface area contributed by atoms with Gasteiger partial charge in [0.25, 0.3) is 0 Å². The molecule has 1 aliphatic rings. The fourth-order valence-corrected chi connectivity index (χ4v) is 0.794. The molecule has 1 unspecified atom stereocenters. The zero-order chi connectivity index (χ0) is 5.28. The average molecular weight is 118 g/mol. The topological polar surface area (TPSA) is 55.3 Å². The minimum atomic E-state index is -1.29. The van der Waals surface area contributed by atoms with E-state index >= 15 is 0 Å². The van der Waals surface area contributed by atoms with E-state index in [4.69, 9.17) is 5.11 Å². The lowest BCUT2D eigenvalue weighted by Gasteiger charge is -2.17. The van der Waals surface area contributed by atoms with Crippen molar-refractivity contribution in [2.75, 3.05) is 0 Å². The fourth-order valence-electron chi connectivity index (χ4n) is 0.290. The fraction of sp³-hybridized carbons (Fsp3) is 0. The summed E-state index contributed by atoms with van der Waals surface area (Å²) in [7, 11) is 0. The van der Waals surface area contributed by atoms with Crippen LogP contribution in [0.2, 0.25) is 0 Å². The summed E-state index contributed by atoms with van der Waals surface area (Å²) in [5.74, 6) is 0. The summed E-state index contributed by atoms with van der Waals surface area (Å²) in [5.41, 5.74) is -0.181. The molecule has 1 rings (SSSR count). The molecule has 0 amide bonds. The first-order valence-electron chi connectivity index (χ1n) is 1.70. The van der Waals surface area contributed by atoms with Crippen molar-refractivity contribution in [2.24, 2.45) is 0 Å². The molecule has 4 heteroatoms. The number of nitrogens with one attached hydrogen (secondary N) is 1. The molecule has 0 bridgehead atoms. The Hall–Kier alpha value is -0.190. The van der Waals surface area contributed by atoms with Crippen LogP contribution in [0.15, 0.2) is 11.6 Å². The first kappa shape index (κ1) is 4.96. The first-order valence-corrected chi connectivity index (χ1v) is 2.92. The molecule has 1 aliphatic heterocycles. The molecule has 0 aliphatic carbocycles. The number of aliphatic hydroxyl groups excluding tert-OH is 1. The Bertz CT molecular complexity index is 94.9. The molecule has 0 aromatic carbocycles. The maximum atomic E-state index is 10.2. The number of rotatable bonds is 0. The van der Waals surface area contributed by atoms with Gasteiger partial charge in [-0.2, -0.15) is 0 Å². The molecule has 0 fully saturated rings. The van der Waals surface area contributed by atoms with Crippen molar-refractivity contribution >= 4 is 11.2 Å². The second kappa shape index (κ2) is 1.73. The maximum Gasteiger partial charge on any atom is 0.110 e. The average Bonchev–Trinajstić information content (AvgIpc) is 1.91. The molecule has 0 saturated carbocycles. The lowest BCUT2D eigenvalue weighted by molar-refractivity contribution is 0.334. The van der Waals surface area contributed by atoms with Gasteiger partial charge in [-0.1, -0.05) is 0 Å². The second-order valence-corrected chi connectivity index (χ2v) is 2.30. The van der Waals surface area contributed by atoms with E-state index in [9.17, 15) is 4.55 Å².